The Morgan fingerprint density at radius 2 is 2.25 bits per heavy atom. The molecule has 0 amide bonds. The summed E-state index contributed by atoms with van der Waals surface area (Å²) in [5.41, 5.74) is 5.44. The van der Waals surface area contributed by atoms with Crippen LogP contribution in [0.3, 0.4) is 0 Å². The second-order valence-electron chi connectivity index (χ2n) is 2.24. The number of pyridine rings is 1. The van der Waals surface area contributed by atoms with E-state index in [2.05, 4.69) is 4.98 Å². The van der Waals surface area contributed by atoms with Gasteiger partial charge in [0.05, 0.1) is 6.61 Å². The van der Waals surface area contributed by atoms with Crippen molar-refractivity contribution in [2.24, 2.45) is 0 Å². The number of hydrogen-bond acceptors (Lipinski definition) is 4. The van der Waals surface area contributed by atoms with Gasteiger partial charge in [0.2, 0.25) is 5.88 Å². The van der Waals surface area contributed by atoms with Crippen molar-refractivity contribution in [1.82, 2.24) is 4.98 Å². The zero-order valence-electron chi connectivity index (χ0n) is 6.99. The second kappa shape index (κ2) is 4.56. The minimum atomic E-state index is 0.463. The van der Waals surface area contributed by atoms with Gasteiger partial charge in [-0.05, 0) is 6.07 Å². The molecule has 1 aromatic rings. The van der Waals surface area contributed by atoms with Crippen LogP contribution in [0.4, 0.5) is 5.82 Å². The largest absolute Gasteiger partial charge is 0.475 e. The quantitative estimate of drug-likeness (QED) is 0.672. The Morgan fingerprint density at radius 3 is 2.92 bits per heavy atom. The van der Waals surface area contributed by atoms with Gasteiger partial charge in [-0.2, -0.15) is 4.98 Å². The molecule has 4 heteroatoms. The molecule has 1 heterocycles. The van der Waals surface area contributed by atoms with Crippen molar-refractivity contribution in [1.29, 1.82) is 0 Å². The summed E-state index contributed by atoms with van der Waals surface area (Å²) in [5, 5.41) is 0. The second-order valence-corrected chi connectivity index (χ2v) is 2.24. The van der Waals surface area contributed by atoms with Crippen LogP contribution >= 0.6 is 0 Å². The van der Waals surface area contributed by atoms with Gasteiger partial charge in [-0.25, -0.2) is 0 Å². The van der Waals surface area contributed by atoms with Crippen LogP contribution in [0.25, 0.3) is 0 Å². The minimum Gasteiger partial charge on any atom is -0.475 e. The summed E-state index contributed by atoms with van der Waals surface area (Å²) >= 11 is 0. The Kier molecular flexibility index (Phi) is 3.35. The number of nitrogens with zero attached hydrogens (tertiary/aromatic N) is 1. The van der Waals surface area contributed by atoms with Crippen LogP contribution in [-0.2, 0) is 4.74 Å². The topological polar surface area (TPSA) is 57.4 Å². The molecule has 2 N–H and O–H groups in total. The summed E-state index contributed by atoms with van der Waals surface area (Å²) in [6.45, 7) is 1.05. The van der Waals surface area contributed by atoms with E-state index in [0.717, 1.165) is 0 Å². The van der Waals surface area contributed by atoms with Crippen LogP contribution in [0.15, 0.2) is 18.2 Å². The molecule has 0 fully saturated rings. The van der Waals surface area contributed by atoms with E-state index in [1.54, 1.807) is 25.3 Å². The molecule has 0 spiro atoms. The molecule has 0 unspecified atom stereocenters. The first-order valence-electron chi connectivity index (χ1n) is 3.67. The van der Waals surface area contributed by atoms with Gasteiger partial charge in [-0.15, -0.1) is 0 Å². The van der Waals surface area contributed by atoms with Gasteiger partial charge in [0, 0.05) is 13.2 Å². The molecule has 4 nitrogen and oxygen atoms in total. The van der Waals surface area contributed by atoms with Crippen molar-refractivity contribution in [3.8, 4) is 5.88 Å². The fourth-order valence-electron chi connectivity index (χ4n) is 0.741. The van der Waals surface area contributed by atoms with Crippen molar-refractivity contribution < 1.29 is 9.47 Å². The molecule has 1 rings (SSSR count). The van der Waals surface area contributed by atoms with Crippen molar-refractivity contribution in [2.75, 3.05) is 26.1 Å². The first-order valence-corrected chi connectivity index (χ1v) is 3.67. The summed E-state index contributed by atoms with van der Waals surface area (Å²) in [4.78, 5) is 3.94. The highest BCUT2D eigenvalue weighted by atomic mass is 16.5. The van der Waals surface area contributed by atoms with Gasteiger partial charge in [-0.3, -0.25) is 0 Å². The number of anilines is 1. The lowest BCUT2D eigenvalue weighted by atomic mass is 10.4. The molecule has 0 aromatic carbocycles. The summed E-state index contributed by atoms with van der Waals surface area (Å²) in [5.74, 6) is 0.997. The summed E-state index contributed by atoms with van der Waals surface area (Å²) in [6.07, 6.45) is 0. The van der Waals surface area contributed by atoms with Crippen molar-refractivity contribution in [3.05, 3.63) is 18.2 Å². The molecule has 0 aliphatic rings. The van der Waals surface area contributed by atoms with Crippen LogP contribution in [-0.4, -0.2) is 25.3 Å². The third kappa shape index (κ3) is 2.75. The normalized spacial score (nSPS) is 9.75. The lowest BCUT2D eigenvalue weighted by Gasteiger charge is -2.03. The number of nitrogens with two attached hydrogens (primary N) is 1. The Bertz CT molecular complexity index is 240. The van der Waals surface area contributed by atoms with Crippen molar-refractivity contribution in [3.63, 3.8) is 0 Å². The van der Waals surface area contributed by atoms with Crippen molar-refractivity contribution in [2.45, 2.75) is 0 Å². The van der Waals surface area contributed by atoms with E-state index in [0.29, 0.717) is 24.9 Å². The Hall–Kier alpha value is -1.29. The summed E-state index contributed by atoms with van der Waals surface area (Å²) in [6, 6.07) is 5.26. The van der Waals surface area contributed by atoms with Crippen LogP contribution in [0.2, 0.25) is 0 Å². The monoisotopic (exact) mass is 168 g/mol. The third-order valence-electron chi connectivity index (χ3n) is 1.28. The molecule has 0 bridgehead atoms. The maximum atomic E-state index is 5.44. The predicted molar refractivity (Wildman–Crippen MR) is 46.0 cm³/mol. The van der Waals surface area contributed by atoms with E-state index < -0.39 is 0 Å². The molecule has 0 aliphatic heterocycles. The lowest BCUT2D eigenvalue weighted by molar-refractivity contribution is 0.144. The first kappa shape index (κ1) is 8.80. The van der Waals surface area contributed by atoms with Crippen molar-refractivity contribution >= 4 is 5.82 Å². The molecule has 1 aromatic heterocycles. The minimum absolute atomic E-state index is 0.463. The van der Waals surface area contributed by atoms with Crippen LogP contribution in [0, 0.1) is 0 Å². The zero-order chi connectivity index (χ0) is 8.81. The van der Waals surface area contributed by atoms with E-state index >= 15 is 0 Å². The number of nitrogen functional groups attached to an aromatic ring is 1. The van der Waals surface area contributed by atoms with Gasteiger partial charge in [0.25, 0.3) is 0 Å². The number of hydrogen-bond donors (Lipinski definition) is 1. The van der Waals surface area contributed by atoms with E-state index in [-0.39, 0.29) is 0 Å². The highest BCUT2D eigenvalue weighted by Crippen LogP contribution is 2.07. The number of methoxy groups -OCH3 is 1. The van der Waals surface area contributed by atoms with E-state index in [9.17, 15) is 0 Å². The average Bonchev–Trinajstić information content (AvgIpc) is 2.05. The van der Waals surface area contributed by atoms with Gasteiger partial charge in [-0.1, -0.05) is 6.07 Å². The Labute approximate surface area is 71.3 Å². The number of aromatic nitrogens is 1. The smallest absolute Gasteiger partial charge is 0.215 e. The van der Waals surface area contributed by atoms with Gasteiger partial charge in [0.1, 0.15) is 12.4 Å². The molecule has 0 atom stereocenters. The fourth-order valence-corrected chi connectivity index (χ4v) is 0.741. The number of ether oxygens (including phenoxy) is 2. The SMILES string of the molecule is COCCOc1cccc(N)n1. The maximum Gasteiger partial charge on any atom is 0.215 e. The molecule has 0 aliphatic carbocycles. The van der Waals surface area contributed by atoms with Gasteiger partial charge in [0.15, 0.2) is 0 Å². The van der Waals surface area contributed by atoms with Gasteiger partial charge >= 0.3 is 0 Å². The van der Waals surface area contributed by atoms with Crippen LogP contribution < -0.4 is 10.5 Å². The van der Waals surface area contributed by atoms with Gasteiger partial charge < -0.3 is 15.2 Å². The maximum absolute atomic E-state index is 5.44. The zero-order valence-corrected chi connectivity index (χ0v) is 6.99. The Morgan fingerprint density at radius 1 is 1.42 bits per heavy atom. The fraction of sp³-hybridized carbons (Fsp3) is 0.375. The predicted octanol–water partition coefficient (Wildman–Crippen LogP) is 0.689. The third-order valence-corrected chi connectivity index (χ3v) is 1.28. The molecular weight excluding hydrogens is 156 g/mol. The molecule has 12 heavy (non-hydrogen) atoms. The molecule has 0 radical (unpaired) electrons. The average molecular weight is 168 g/mol. The first-order chi connectivity index (χ1) is 5.83. The van der Waals surface area contributed by atoms with Crippen LogP contribution in [0.1, 0.15) is 0 Å². The molecular formula is C8H12N2O2. The highest BCUT2D eigenvalue weighted by Gasteiger charge is 1.93. The summed E-state index contributed by atoms with van der Waals surface area (Å²) in [7, 11) is 1.62. The van der Waals surface area contributed by atoms with E-state index in [4.69, 9.17) is 15.2 Å². The standard InChI is InChI=1S/C8H12N2O2/c1-11-5-6-12-8-4-2-3-7(9)10-8/h2-4H,5-6H2,1H3,(H2,9,10). The lowest BCUT2D eigenvalue weighted by Crippen LogP contribution is -2.05. The number of rotatable bonds is 4. The van der Waals surface area contributed by atoms with E-state index in [1.165, 1.54) is 0 Å². The van der Waals surface area contributed by atoms with E-state index in [1.807, 2.05) is 0 Å². The molecule has 66 valence electrons. The summed E-state index contributed by atoms with van der Waals surface area (Å²) < 4.78 is 10.0. The highest BCUT2D eigenvalue weighted by molar-refractivity contribution is 5.30. The Balaban J connectivity index is 2.41. The van der Waals surface area contributed by atoms with Crippen LogP contribution in [0.5, 0.6) is 5.88 Å². The molecule has 0 saturated heterocycles. The molecule has 0 saturated carbocycles.